The molecule has 0 aliphatic carbocycles. The molecular weight excluding hydrogens is 277 g/mol. The number of rotatable bonds is 3. The highest BCUT2D eigenvalue weighted by Gasteiger charge is 2.45. The van der Waals surface area contributed by atoms with E-state index >= 15 is 0 Å². The Morgan fingerprint density at radius 3 is 2.63 bits per heavy atom. The molecule has 2 bridgehead atoms. The molecule has 0 unspecified atom stereocenters. The second kappa shape index (κ2) is 5.63. The molecule has 3 rings (SSSR count). The van der Waals surface area contributed by atoms with Crippen LogP contribution in [0.1, 0.15) is 37.2 Å². The molecule has 3 heteroatoms. The molecule has 0 saturated carbocycles. The topological polar surface area (TPSA) is 3.24 Å². The molecule has 2 fully saturated rings. The average Bonchev–Trinajstić information content (AvgIpc) is 2.65. The van der Waals surface area contributed by atoms with E-state index in [1.165, 1.54) is 24.8 Å². The minimum absolute atomic E-state index is 0.657. The molecule has 1 nitrogen and oxygen atoms in total. The monoisotopic (exact) mass is 297 g/mol. The number of fused-ring (bicyclic) bond motifs is 2. The highest BCUT2D eigenvalue weighted by atomic mass is 35.5. The lowest BCUT2D eigenvalue weighted by molar-refractivity contribution is 0.0979. The molecule has 2 aliphatic heterocycles. The van der Waals surface area contributed by atoms with Crippen LogP contribution in [0, 0.1) is 5.92 Å². The van der Waals surface area contributed by atoms with Crippen molar-refractivity contribution in [2.75, 3.05) is 12.9 Å². The van der Waals surface area contributed by atoms with Crippen molar-refractivity contribution in [2.45, 2.75) is 43.7 Å². The third kappa shape index (κ3) is 2.53. The van der Waals surface area contributed by atoms with Crippen LogP contribution in [0.4, 0.5) is 0 Å². The van der Waals surface area contributed by atoms with Gasteiger partial charge in [0.1, 0.15) is 0 Å². The summed E-state index contributed by atoms with van der Waals surface area (Å²) in [4.78, 5) is 2.60. The smallest absolute Gasteiger partial charge is 0.0406 e. The summed E-state index contributed by atoms with van der Waals surface area (Å²) >= 11 is 12.1. The van der Waals surface area contributed by atoms with Crippen LogP contribution in [0.2, 0.25) is 5.02 Å². The summed E-state index contributed by atoms with van der Waals surface area (Å²) < 4.78 is 0. The fourth-order valence-corrected chi connectivity index (χ4v) is 4.57. The zero-order valence-corrected chi connectivity index (χ0v) is 12.9. The van der Waals surface area contributed by atoms with Crippen LogP contribution in [0.15, 0.2) is 24.3 Å². The van der Waals surface area contributed by atoms with Crippen molar-refractivity contribution in [3.63, 3.8) is 0 Å². The Balaban J connectivity index is 1.88. The van der Waals surface area contributed by atoms with Gasteiger partial charge >= 0.3 is 0 Å². The highest BCUT2D eigenvalue weighted by Crippen LogP contribution is 2.47. The van der Waals surface area contributed by atoms with Crippen molar-refractivity contribution in [3.8, 4) is 0 Å². The first-order valence-electron chi connectivity index (χ1n) is 7.24. The highest BCUT2D eigenvalue weighted by molar-refractivity contribution is 6.30. The maximum Gasteiger partial charge on any atom is 0.0406 e. The number of hydrogen-bond acceptors (Lipinski definition) is 1. The summed E-state index contributed by atoms with van der Waals surface area (Å²) in [5, 5.41) is 0.827. The van der Waals surface area contributed by atoms with Gasteiger partial charge in [-0.1, -0.05) is 23.7 Å². The predicted octanol–water partition coefficient (Wildman–Crippen LogP) is 4.54. The van der Waals surface area contributed by atoms with Crippen molar-refractivity contribution in [3.05, 3.63) is 34.9 Å². The van der Waals surface area contributed by atoms with Gasteiger partial charge in [-0.15, -0.1) is 11.6 Å². The molecule has 2 heterocycles. The number of hydrogen-bond donors (Lipinski definition) is 0. The second-order valence-electron chi connectivity index (χ2n) is 6.00. The van der Waals surface area contributed by atoms with Gasteiger partial charge in [0.25, 0.3) is 0 Å². The van der Waals surface area contributed by atoms with E-state index in [0.29, 0.717) is 11.8 Å². The molecule has 1 aromatic rings. The van der Waals surface area contributed by atoms with Crippen molar-refractivity contribution in [1.29, 1.82) is 0 Å². The van der Waals surface area contributed by atoms with Gasteiger partial charge < -0.3 is 4.90 Å². The molecule has 0 radical (unpaired) electrons. The van der Waals surface area contributed by atoms with Crippen LogP contribution < -0.4 is 0 Å². The summed E-state index contributed by atoms with van der Waals surface area (Å²) in [5.74, 6) is 2.12. The number of nitrogens with zero attached hydrogens (tertiary/aromatic N) is 1. The summed E-state index contributed by atoms with van der Waals surface area (Å²) in [7, 11) is 2.29. The summed E-state index contributed by atoms with van der Waals surface area (Å²) in [6, 6.07) is 9.94. The van der Waals surface area contributed by atoms with E-state index in [1.54, 1.807) is 0 Å². The third-order valence-electron chi connectivity index (χ3n) is 5.17. The van der Waals surface area contributed by atoms with E-state index in [0.717, 1.165) is 29.4 Å². The minimum Gasteiger partial charge on any atom is -0.300 e. The van der Waals surface area contributed by atoms with E-state index in [9.17, 15) is 0 Å². The van der Waals surface area contributed by atoms with Crippen LogP contribution in [0.3, 0.4) is 0 Å². The van der Waals surface area contributed by atoms with E-state index in [4.69, 9.17) is 23.2 Å². The Morgan fingerprint density at radius 1 is 1.21 bits per heavy atom. The second-order valence-corrected chi connectivity index (χ2v) is 6.81. The Hall–Kier alpha value is -0.240. The van der Waals surface area contributed by atoms with Crippen molar-refractivity contribution in [2.24, 2.45) is 5.92 Å². The summed E-state index contributed by atoms with van der Waals surface area (Å²) in [5.41, 5.74) is 1.45. The molecule has 0 amide bonds. The average molecular weight is 298 g/mol. The lowest BCUT2D eigenvalue weighted by Crippen LogP contribution is -2.45. The van der Waals surface area contributed by atoms with Crippen LogP contribution >= 0.6 is 23.2 Å². The Bertz CT molecular complexity index is 431. The van der Waals surface area contributed by atoms with E-state index in [1.807, 2.05) is 12.1 Å². The van der Waals surface area contributed by atoms with Gasteiger partial charge in [-0.25, -0.2) is 0 Å². The van der Waals surface area contributed by atoms with Gasteiger partial charge in [-0.3, -0.25) is 0 Å². The maximum atomic E-state index is 6.06. The maximum absolute atomic E-state index is 6.06. The summed E-state index contributed by atoms with van der Waals surface area (Å²) in [6.45, 7) is 0. The first-order chi connectivity index (χ1) is 9.20. The lowest BCUT2D eigenvalue weighted by atomic mass is 9.75. The predicted molar refractivity (Wildman–Crippen MR) is 82.2 cm³/mol. The molecule has 2 saturated heterocycles. The van der Waals surface area contributed by atoms with Crippen LogP contribution in [-0.4, -0.2) is 29.9 Å². The molecule has 104 valence electrons. The zero-order valence-electron chi connectivity index (χ0n) is 11.4. The summed E-state index contributed by atoms with van der Waals surface area (Å²) in [6.07, 6.45) is 5.09. The Labute approximate surface area is 125 Å². The van der Waals surface area contributed by atoms with Crippen molar-refractivity contribution < 1.29 is 0 Å². The SMILES string of the molecule is CN1[C@H]2CC[C@@H]1[C@@H](CCCl)[C@@H](c1ccc(Cl)cc1)C2. The van der Waals surface area contributed by atoms with E-state index in [2.05, 4.69) is 24.1 Å². The van der Waals surface area contributed by atoms with Crippen molar-refractivity contribution >= 4 is 23.2 Å². The Kier molecular flexibility index (Phi) is 4.07. The largest absolute Gasteiger partial charge is 0.300 e. The fourth-order valence-electron chi connectivity index (χ4n) is 4.19. The van der Waals surface area contributed by atoms with E-state index < -0.39 is 0 Å². The fraction of sp³-hybridized carbons (Fsp3) is 0.625. The molecule has 0 aromatic heterocycles. The van der Waals surface area contributed by atoms with Gasteiger partial charge in [-0.2, -0.15) is 0 Å². The van der Waals surface area contributed by atoms with Gasteiger partial charge in [0.15, 0.2) is 0 Å². The van der Waals surface area contributed by atoms with Gasteiger partial charge in [-0.05, 0) is 62.3 Å². The molecule has 0 spiro atoms. The van der Waals surface area contributed by atoms with E-state index in [-0.39, 0.29) is 0 Å². The van der Waals surface area contributed by atoms with Gasteiger partial charge in [0.05, 0.1) is 0 Å². The quantitative estimate of drug-likeness (QED) is 0.741. The number of halogens is 2. The molecular formula is C16H21Cl2N. The molecule has 4 atom stereocenters. The third-order valence-corrected chi connectivity index (χ3v) is 5.64. The number of alkyl halides is 1. The molecule has 0 N–H and O–H groups in total. The number of benzene rings is 1. The minimum atomic E-state index is 0.657. The first-order valence-corrected chi connectivity index (χ1v) is 8.15. The van der Waals surface area contributed by atoms with Crippen LogP contribution in [0.5, 0.6) is 0 Å². The van der Waals surface area contributed by atoms with Gasteiger partial charge in [0, 0.05) is 23.0 Å². The van der Waals surface area contributed by atoms with Crippen LogP contribution in [0.25, 0.3) is 0 Å². The van der Waals surface area contributed by atoms with Gasteiger partial charge in [0.2, 0.25) is 0 Å². The Morgan fingerprint density at radius 2 is 1.95 bits per heavy atom. The normalized spacial score (nSPS) is 34.7. The zero-order chi connectivity index (χ0) is 13.4. The van der Waals surface area contributed by atoms with Crippen LogP contribution in [-0.2, 0) is 0 Å². The number of piperidine rings is 1. The molecule has 1 aromatic carbocycles. The molecule has 19 heavy (non-hydrogen) atoms. The standard InChI is InChI=1S/C16H21Cl2N/c1-19-13-6-7-16(19)14(8-9-17)15(10-13)11-2-4-12(18)5-3-11/h2-5,13-16H,6-10H2,1H3/t13-,14-,15+,16+/m0/s1. The first kappa shape index (κ1) is 13.7. The molecule has 2 aliphatic rings. The lowest BCUT2D eigenvalue weighted by Gasteiger charge is -2.43. The van der Waals surface area contributed by atoms with Crippen molar-refractivity contribution in [1.82, 2.24) is 4.90 Å².